The molecule has 0 amide bonds. The van der Waals surface area contributed by atoms with Gasteiger partial charge in [-0.1, -0.05) is 11.6 Å². The van der Waals surface area contributed by atoms with Gasteiger partial charge < -0.3 is 14.8 Å². The molecule has 0 bridgehead atoms. The third-order valence-corrected chi connectivity index (χ3v) is 4.22. The average Bonchev–Trinajstić information content (AvgIpc) is 3.10. The number of nitrogens with one attached hydrogen (secondary N) is 1. The highest BCUT2D eigenvalue weighted by Crippen LogP contribution is 2.40. The lowest BCUT2D eigenvalue weighted by atomic mass is 9.97. The number of rotatable bonds is 5. The quantitative estimate of drug-likeness (QED) is 0.900. The minimum absolute atomic E-state index is 0.318. The lowest BCUT2D eigenvalue weighted by Crippen LogP contribution is -2.30. The van der Waals surface area contributed by atoms with Gasteiger partial charge in [-0.3, -0.25) is 0 Å². The van der Waals surface area contributed by atoms with Crippen LogP contribution < -0.4 is 14.8 Å². The third-order valence-electron chi connectivity index (χ3n) is 4.00. The molecule has 3 rings (SSSR count). The largest absolute Gasteiger partial charge is 0.497 e. The Morgan fingerprint density at radius 1 is 1.16 bits per heavy atom. The maximum atomic E-state index is 6.24. The van der Waals surface area contributed by atoms with E-state index in [0.717, 1.165) is 30.5 Å². The predicted molar refractivity (Wildman–Crippen MR) is 76.1 cm³/mol. The van der Waals surface area contributed by atoms with E-state index < -0.39 is 0 Å². The van der Waals surface area contributed by atoms with Crippen LogP contribution in [0.15, 0.2) is 18.2 Å². The molecule has 0 unspecified atom stereocenters. The first-order valence-corrected chi connectivity index (χ1v) is 7.36. The van der Waals surface area contributed by atoms with Gasteiger partial charge in [-0.15, -0.1) is 0 Å². The van der Waals surface area contributed by atoms with Crippen LogP contribution in [0.2, 0.25) is 5.02 Å². The van der Waals surface area contributed by atoms with Crippen molar-refractivity contribution < 1.29 is 9.47 Å². The lowest BCUT2D eigenvalue weighted by Gasteiger charge is -2.24. The molecule has 0 radical (unpaired) electrons. The molecule has 1 heterocycles. The van der Waals surface area contributed by atoms with Gasteiger partial charge in [0.15, 0.2) is 0 Å². The zero-order valence-corrected chi connectivity index (χ0v) is 12.0. The lowest BCUT2D eigenvalue weighted by molar-refractivity contribution is 0.120. The van der Waals surface area contributed by atoms with Crippen molar-refractivity contribution in [2.45, 2.75) is 25.4 Å². The van der Waals surface area contributed by atoms with Crippen LogP contribution in [0.5, 0.6) is 11.5 Å². The van der Waals surface area contributed by atoms with Crippen molar-refractivity contribution in [1.29, 1.82) is 0 Å². The summed E-state index contributed by atoms with van der Waals surface area (Å²) in [5, 5.41) is 4.09. The molecule has 0 aromatic heterocycles. The fourth-order valence-electron chi connectivity index (χ4n) is 2.84. The number of benzene rings is 1. The second-order valence-corrected chi connectivity index (χ2v) is 5.94. The summed E-state index contributed by atoms with van der Waals surface area (Å²) in [6.07, 6.45) is 4.11. The van der Waals surface area contributed by atoms with Crippen LogP contribution in [-0.2, 0) is 0 Å². The summed E-state index contributed by atoms with van der Waals surface area (Å²) in [5.74, 6) is 2.92. The Morgan fingerprint density at radius 3 is 2.58 bits per heavy atom. The van der Waals surface area contributed by atoms with E-state index in [9.17, 15) is 0 Å². The summed E-state index contributed by atoms with van der Waals surface area (Å²) >= 11 is 6.09. The average molecular weight is 282 g/mol. The standard InChI is InChI=1S/C15H20ClNO2/c1-18-13-6-12(16)7-14(8-13)19-15(10-2-3-10)11-4-5-17-9-11/h6-8,10-11,15,17H,2-5,9H2,1H3/t11-,15-/m0/s1. The van der Waals surface area contributed by atoms with Crippen LogP contribution in [0, 0.1) is 11.8 Å². The minimum atomic E-state index is 0.318. The maximum absolute atomic E-state index is 6.24. The van der Waals surface area contributed by atoms with Crippen molar-refractivity contribution in [2.24, 2.45) is 11.8 Å². The van der Waals surface area contributed by atoms with E-state index in [0.29, 0.717) is 17.0 Å². The van der Waals surface area contributed by atoms with Crippen molar-refractivity contribution in [2.75, 3.05) is 20.2 Å². The van der Waals surface area contributed by atoms with E-state index in [1.54, 1.807) is 13.2 Å². The van der Waals surface area contributed by atoms with E-state index in [4.69, 9.17) is 21.1 Å². The molecule has 1 aliphatic heterocycles. The zero-order chi connectivity index (χ0) is 13.2. The van der Waals surface area contributed by atoms with Gasteiger partial charge in [0.2, 0.25) is 0 Å². The molecule has 4 heteroatoms. The normalized spacial score (nSPS) is 24.2. The van der Waals surface area contributed by atoms with Crippen LogP contribution >= 0.6 is 11.6 Å². The monoisotopic (exact) mass is 281 g/mol. The van der Waals surface area contributed by atoms with Crippen LogP contribution in [0.25, 0.3) is 0 Å². The SMILES string of the molecule is COc1cc(Cl)cc(O[C@@H](C2CC2)[C@H]2CCNC2)c1. The van der Waals surface area contributed by atoms with E-state index in [-0.39, 0.29) is 0 Å². The van der Waals surface area contributed by atoms with Crippen molar-refractivity contribution >= 4 is 11.6 Å². The third kappa shape index (κ3) is 3.15. The first-order valence-electron chi connectivity index (χ1n) is 6.98. The molecule has 2 fully saturated rings. The number of methoxy groups -OCH3 is 1. The Bertz CT molecular complexity index is 442. The fraction of sp³-hybridized carbons (Fsp3) is 0.600. The Hall–Kier alpha value is -0.930. The number of ether oxygens (including phenoxy) is 2. The summed E-state index contributed by atoms with van der Waals surface area (Å²) in [4.78, 5) is 0. The van der Waals surface area contributed by atoms with Crippen LogP contribution in [0.3, 0.4) is 0 Å². The van der Waals surface area contributed by atoms with Gasteiger partial charge in [-0.05, 0) is 43.9 Å². The highest BCUT2D eigenvalue weighted by Gasteiger charge is 2.39. The molecule has 1 aromatic carbocycles. The van der Waals surface area contributed by atoms with Gasteiger partial charge in [-0.25, -0.2) is 0 Å². The number of hydrogen-bond donors (Lipinski definition) is 1. The molecule has 1 N–H and O–H groups in total. The van der Waals surface area contributed by atoms with Crippen LogP contribution in [0.4, 0.5) is 0 Å². The molecule has 1 aliphatic carbocycles. The highest BCUT2D eigenvalue weighted by atomic mass is 35.5. The highest BCUT2D eigenvalue weighted by molar-refractivity contribution is 6.30. The van der Waals surface area contributed by atoms with Crippen molar-refractivity contribution in [3.05, 3.63) is 23.2 Å². The topological polar surface area (TPSA) is 30.5 Å². The van der Waals surface area contributed by atoms with Gasteiger partial charge in [0.25, 0.3) is 0 Å². The zero-order valence-electron chi connectivity index (χ0n) is 11.2. The molecule has 104 valence electrons. The molecule has 19 heavy (non-hydrogen) atoms. The van der Waals surface area contributed by atoms with Gasteiger partial charge >= 0.3 is 0 Å². The molecular weight excluding hydrogens is 262 g/mol. The second-order valence-electron chi connectivity index (χ2n) is 5.50. The maximum Gasteiger partial charge on any atom is 0.124 e. The van der Waals surface area contributed by atoms with Crippen molar-refractivity contribution in [3.8, 4) is 11.5 Å². The number of halogens is 1. The van der Waals surface area contributed by atoms with E-state index in [1.807, 2.05) is 12.1 Å². The smallest absolute Gasteiger partial charge is 0.124 e. The Kier molecular flexibility index (Phi) is 3.85. The Balaban J connectivity index is 1.75. The molecular formula is C15H20ClNO2. The summed E-state index contributed by atoms with van der Waals surface area (Å²) in [7, 11) is 1.65. The molecule has 3 nitrogen and oxygen atoms in total. The summed E-state index contributed by atoms with van der Waals surface area (Å²) in [5.41, 5.74) is 0. The summed E-state index contributed by atoms with van der Waals surface area (Å²) in [6, 6.07) is 5.60. The molecule has 2 atom stereocenters. The molecule has 1 saturated carbocycles. The first kappa shape index (κ1) is 13.1. The Labute approximate surface area is 119 Å². The van der Waals surface area contributed by atoms with Crippen LogP contribution in [-0.4, -0.2) is 26.3 Å². The summed E-state index contributed by atoms with van der Waals surface area (Å²) < 4.78 is 11.5. The molecule has 2 aliphatic rings. The van der Waals surface area contributed by atoms with E-state index in [1.165, 1.54) is 19.3 Å². The van der Waals surface area contributed by atoms with E-state index in [2.05, 4.69) is 5.32 Å². The van der Waals surface area contributed by atoms with E-state index >= 15 is 0 Å². The second kappa shape index (κ2) is 5.59. The van der Waals surface area contributed by atoms with Gasteiger partial charge in [0, 0.05) is 23.6 Å². The first-order chi connectivity index (χ1) is 9.26. The number of hydrogen-bond acceptors (Lipinski definition) is 3. The molecule has 1 saturated heterocycles. The van der Waals surface area contributed by atoms with Gasteiger partial charge in [0.1, 0.15) is 17.6 Å². The van der Waals surface area contributed by atoms with Crippen molar-refractivity contribution in [3.63, 3.8) is 0 Å². The fourth-order valence-corrected chi connectivity index (χ4v) is 3.05. The molecule has 0 spiro atoms. The van der Waals surface area contributed by atoms with Crippen LogP contribution in [0.1, 0.15) is 19.3 Å². The predicted octanol–water partition coefficient (Wildman–Crippen LogP) is 3.12. The van der Waals surface area contributed by atoms with Gasteiger partial charge in [0.05, 0.1) is 7.11 Å². The van der Waals surface area contributed by atoms with Crippen molar-refractivity contribution in [1.82, 2.24) is 5.32 Å². The minimum Gasteiger partial charge on any atom is -0.497 e. The Morgan fingerprint density at radius 2 is 1.95 bits per heavy atom. The molecule has 1 aromatic rings. The summed E-state index contributed by atoms with van der Waals surface area (Å²) in [6.45, 7) is 2.18. The van der Waals surface area contributed by atoms with Gasteiger partial charge in [-0.2, -0.15) is 0 Å².